The number of hydrogen-bond acceptors (Lipinski definition) is 3. The fourth-order valence-corrected chi connectivity index (χ4v) is 2.61. The first kappa shape index (κ1) is 16.0. The van der Waals surface area contributed by atoms with E-state index in [9.17, 15) is 4.55 Å². The lowest BCUT2D eigenvalue weighted by Crippen LogP contribution is -2.39. The van der Waals surface area contributed by atoms with Crippen LogP contribution in [0.25, 0.3) is 0 Å². The summed E-state index contributed by atoms with van der Waals surface area (Å²) in [6.45, 7) is 6.73. The first-order chi connectivity index (χ1) is 8.39. The highest BCUT2D eigenvalue weighted by Gasteiger charge is 2.25. The highest BCUT2D eigenvalue weighted by atomic mass is 79.9. The number of hydrogen-bond donors (Lipinski definition) is 1. The van der Waals surface area contributed by atoms with Gasteiger partial charge in [0.05, 0.1) is 0 Å². The predicted molar refractivity (Wildman–Crippen MR) is 80.8 cm³/mol. The SMILES string of the molecule is CC(C)(C)[S+]([O-])NCCCCc1ccnc(Br)c1. The van der Waals surface area contributed by atoms with Crippen molar-refractivity contribution in [3.63, 3.8) is 0 Å². The van der Waals surface area contributed by atoms with E-state index in [1.807, 2.05) is 39.1 Å². The number of pyridine rings is 1. The zero-order valence-electron chi connectivity index (χ0n) is 11.2. The zero-order valence-corrected chi connectivity index (χ0v) is 13.6. The molecule has 0 aliphatic carbocycles. The molecular weight excluding hydrogens is 312 g/mol. The average Bonchev–Trinajstić information content (AvgIpc) is 2.27. The molecule has 5 heteroatoms. The number of nitrogens with one attached hydrogen (secondary N) is 1. The van der Waals surface area contributed by atoms with E-state index in [2.05, 4.69) is 25.6 Å². The van der Waals surface area contributed by atoms with Crippen LogP contribution in [0, 0.1) is 0 Å². The van der Waals surface area contributed by atoms with Gasteiger partial charge in [-0.2, -0.15) is 0 Å². The van der Waals surface area contributed by atoms with Crippen LogP contribution < -0.4 is 4.72 Å². The molecule has 1 aromatic heterocycles. The van der Waals surface area contributed by atoms with Gasteiger partial charge in [-0.15, -0.1) is 4.72 Å². The number of unbranched alkanes of at least 4 members (excludes halogenated alkanes) is 1. The van der Waals surface area contributed by atoms with Gasteiger partial charge < -0.3 is 4.55 Å². The summed E-state index contributed by atoms with van der Waals surface area (Å²) < 4.78 is 15.5. The van der Waals surface area contributed by atoms with Gasteiger partial charge in [0, 0.05) is 24.1 Å². The van der Waals surface area contributed by atoms with Gasteiger partial charge >= 0.3 is 0 Å². The lowest BCUT2D eigenvalue weighted by molar-refractivity contribution is 0.540. The maximum Gasteiger partial charge on any atom is 0.136 e. The summed E-state index contributed by atoms with van der Waals surface area (Å²) in [6.07, 6.45) is 4.96. The van der Waals surface area contributed by atoms with E-state index in [1.54, 1.807) is 0 Å². The topological polar surface area (TPSA) is 48.0 Å². The molecule has 18 heavy (non-hydrogen) atoms. The molecule has 1 atom stereocenters. The highest BCUT2D eigenvalue weighted by molar-refractivity contribution is 9.10. The van der Waals surface area contributed by atoms with Crippen molar-refractivity contribution in [2.24, 2.45) is 0 Å². The van der Waals surface area contributed by atoms with E-state index in [1.165, 1.54) is 5.56 Å². The molecule has 3 nitrogen and oxygen atoms in total. The number of nitrogens with zero attached hydrogens (tertiary/aromatic N) is 1. The number of aryl methyl sites for hydroxylation is 1. The van der Waals surface area contributed by atoms with Crippen LogP contribution in [0.15, 0.2) is 22.9 Å². The second-order valence-electron chi connectivity index (χ2n) is 5.22. The Kier molecular flexibility index (Phi) is 6.63. The van der Waals surface area contributed by atoms with Crippen molar-refractivity contribution in [3.8, 4) is 0 Å². The summed E-state index contributed by atoms with van der Waals surface area (Å²) in [4.78, 5) is 4.10. The van der Waals surface area contributed by atoms with Crippen LogP contribution in [-0.2, 0) is 17.8 Å². The van der Waals surface area contributed by atoms with Crippen LogP contribution in [0.4, 0.5) is 0 Å². The van der Waals surface area contributed by atoms with Crippen molar-refractivity contribution in [2.45, 2.75) is 44.8 Å². The maximum absolute atomic E-state index is 11.7. The first-order valence-electron chi connectivity index (χ1n) is 6.15. The van der Waals surface area contributed by atoms with Crippen LogP contribution in [0.5, 0.6) is 0 Å². The van der Waals surface area contributed by atoms with Crippen LogP contribution in [0.1, 0.15) is 39.2 Å². The van der Waals surface area contributed by atoms with Gasteiger partial charge in [0.25, 0.3) is 0 Å². The maximum atomic E-state index is 11.7. The van der Waals surface area contributed by atoms with Crippen LogP contribution >= 0.6 is 15.9 Å². The Morgan fingerprint density at radius 1 is 1.39 bits per heavy atom. The molecule has 1 aromatic rings. The van der Waals surface area contributed by atoms with Crippen molar-refractivity contribution in [2.75, 3.05) is 6.54 Å². The van der Waals surface area contributed by atoms with Crippen LogP contribution in [0.3, 0.4) is 0 Å². The van der Waals surface area contributed by atoms with Gasteiger partial charge in [-0.1, -0.05) is 0 Å². The summed E-state index contributed by atoms with van der Waals surface area (Å²) in [5.74, 6) is 0. The second kappa shape index (κ2) is 7.48. The summed E-state index contributed by atoms with van der Waals surface area (Å²) >= 11 is 2.41. The minimum absolute atomic E-state index is 0.185. The Labute approximate surface area is 121 Å². The Hall–Kier alpha value is -0.100. The normalized spacial score (nSPS) is 13.6. The van der Waals surface area contributed by atoms with E-state index < -0.39 is 11.4 Å². The van der Waals surface area contributed by atoms with Crippen LogP contribution in [-0.4, -0.2) is 20.8 Å². The van der Waals surface area contributed by atoms with Gasteiger partial charge in [-0.25, -0.2) is 4.98 Å². The molecule has 102 valence electrons. The second-order valence-corrected chi connectivity index (χ2v) is 8.08. The average molecular weight is 333 g/mol. The van der Waals surface area contributed by atoms with E-state index in [0.29, 0.717) is 0 Å². The molecule has 0 radical (unpaired) electrons. The van der Waals surface area contributed by atoms with Crippen molar-refractivity contribution in [1.82, 2.24) is 9.71 Å². The smallest absolute Gasteiger partial charge is 0.136 e. The fraction of sp³-hybridized carbons (Fsp3) is 0.615. The molecule has 0 bridgehead atoms. The van der Waals surface area contributed by atoms with Gasteiger partial charge in [-0.3, -0.25) is 0 Å². The number of aromatic nitrogens is 1. The van der Waals surface area contributed by atoms with Crippen molar-refractivity contribution < 1.29 is 4.55 Å². The Balaban J connectivity index is 2.16. The summed E-state index contributed by atoms with van der Waals surface area (Å²) in [7, 11) is 0. The molecule has 0 fully saturated rings. The van der Waals surface area contributed by atoms with Gasteiger partial charge in [0.1, 0.15) is 9.35 Å². The lowest BCUT2D eigenvalue weighted by atomic mass is 10.1. The zero-order chi connectivity index (χ0) is 13.6. The molecular formula is C13H21BrN2OS. The Morgan fingerprint density at radius 3 is 2.72 bits per heavy atom. The summed E-state index contributed by atoms with van der Waals surface area (Å²) in [5, 5.41) is 0. The molecule has 0 aromatic carbocycles. The summed E-state index contributed by atoms with van der Waals surface area (Å²) in [5.41, 5.74) is 1.29. The Morgan fingerprint density at radius 2 is 2.11 bits per heavy atom. The lowest BCUT2D eigenvalue weighted by Gasteiger charge is -2.23. The number of rotatable bonds is 6. The van der Waals surface area contributed by atoms with E-state index in [-0.39, 0.29) is 4.75 Å². The summed E-state index contributed by atoms with van der Waals surface area (Å²) in [6, 6.07) is 4.08. The molecule has 1 N–H and O–H groups in total. The molecule has 0 saturated carbocycles. The molecule has 1 unspecified atom stereocenters. The molecule has 0 saturated heterocycles. The van der Waals surface area contributed by atoms with Crippen molar-refractivity contribution >= 4 is 27.3 Å². The van der Waals surface area contributed by atoms with Gasteiger partial charge in [-0.05, 0) is 73.7 Å². The highest BCUT2D eigenvalue weighted by Crippen LogP contribution is 2.13. The van der Waals surface area contributed by atoms with E-state index >= 15 is 0 Å². The minimum Gasteiger partial charge on any atom is -0.598 e. The first-order valence-corrected chi connectivity index (χ1v) is 8.09. The Bertz CT molecular complexity index is 368. The number of halogens is 1. The largest absolute Gasteiger partial charge is 0.598 e. The third-order valence-corrected chi connectivity index (χ3v) is 4.48. The molecule has 1 rings (SSSR count). The third-order valence-electron chi connectivity index (χ3n) is 2.47. The van der Waals surface area contributed by atoms with Crippen molar-refractivity contribution in [3.05, 3.63) is 28.5 Å². The molecule has 0 aliphatic rings. The molecule has 0 amide bonds. The minimum atomic E-state index is -0.956. The van der Waals surface area contributed by atoms with E-state index in [4.69, 9.17) is 0 Å². The monoisotopic (exact) mass is 332 g/mol. The quantitative estimate of drug-likeness (QED) is 0.494. The van der Waals surface area contributed by atoms with Gasteiger partial charge in [0.2, 0.25) is 0 Å². The fourth-order valence-electron chi connectivity index (χ4n) is 1.43. The molecule has 0 aliphatic heterocycles. The standard InChI is InChI=1S/C13H21BrN2OS/c1-13(2,3)18(17)16-8-5-4-6-11-7-9-15-12(14)10-11/h7,9-10,16H,4-6,8H2,1-3H3. The van der Waals surface area contributed by atoms with Gasteiger partial charge in [0.15, 0.2) is 0 Å². The molecule has 1 heterocycles. The third kappa shape index (κ3) is 6.18. The molecule has 0 spiro atoms. The van der Waals surface area contributed by atoms with E-state index in [0.717, 1.165) is 30.4 Å². The predicted octanol–water partition coefficient (Wildman–Crippen LogP) is 3.22. The van der Waals surface area contributed by atoms with Crippen LogP contribution in [0.2, 0.25) is 0 Å². The van der Waals surface area contributed by atoms with Crippen molar-refractivity contribution in [1.29, 1.82) is 0 Å².